The normalized spacial score (nSPS) is 16.5. The molecule has 1 atom stereocenters. The molecule has 31 heavy (non-hydrogen) atoms. The molecule has 0 aliphatic carbocycles. The predicted octanol–water partition coefficient (Wildman–Crippen LogP) is 2.58. The number of rotatable bonds is 9. The van der Waals surface area contributed by atoms with Gasteiger partial charge in [0.1, 0.15) is 18.1 Å². The molecule has 1 aliphatic rings. The quantitative estimate of drug-likeness (QED) is 0.476. The summed E-state index contributed by atoms with van der Waals surface area (Å²) in [4.78, 5) is 8.89. The van der Waals surface area contributed by atoms with Crippen LogP contribution in [0, 0.1) is 0 Å². The molecule has 1 heterocycles. The largest absolute Gasteiger partial charge is 0.495 e. The maximum Gasteiger partial charge on any atom is 0.191 e. The number of ether oxygens (including phenoxy) is 2. The van der Waals surface area contributed by atoms with Gasteiger partial charge in [-0.05, 0) is 38.7 Å². The van der Waals surface area contributed by atoms with E-state index in [9.17, 15) is 0 Å². The number of hydrogen-bond acceptors (Lipinski definition) is 5. The fraction of sp³-hybridized carbons (Fsp3) is 0.458. The summed E-state index contributed by atoms with van der Waals surface area (Å²) in [6, 6.07) is 16.6. The van der Waals surface area contributed by atoms with Crippen molar-refractivity contribution in [3.05, 3.63) is 54.1 Å². The zero-order chi connectivity index (χ0) is 22.1. The van der Waals surface area contributed by atoms with E-state index in [-0.39, 0.29) is 0 Å². The molecule has 7 nitrogen and oxygen atoms in total. The molecule has 168 valence electrons. The third kappa shape index (κ3) is 6.52. The lowest BCUT2D eigenvalue weighted by Crippen LogP contribution is -2.44. The number of aliphatic imine (C=N–C) groups is 1. The molecule has 0 aromatic heterocycles. The second-order valence-corrected chi connectivity index (χ2v) is 7.93. The van der Waals surface area contributed by atoms with Crippen LogP contribution >= 0.6 is 0 Å². The number of guanidine groups is 1. The number of nitrogens with one attached hydrogen (secondary N) is 2. The van der Waals surface area contributed by atoms with Crippen molar-refractivity contribution in [1.29, 1.82) is 0 Å². The van der Waals surface area contributed by atoms with E-state index in [4.69, 9.17) is 9.47 Å². The van der Waals surface area contributed by atoms with Crippen LogP contribution in [0.25, 0.3) is 0 Å². The van der Waals surface area contributed by atoms with Gasteiger partial charge >= 0.3 is 0 Å². The molecule has 2 aromatic rings. The van der Waals surface area contributed by atoms with Crippen molar-refractivity contribution in [2.24, 2.45) is 4.99 Å². The van der Waals surface area contributed by atoms with Crippen LogP contribution in [0.4, 0.5) is 5.69 Å². The summed E-state index contributed by atoms with van der Waals surface area (Å²) in [6.07, 6.45) is 1.04. The van der Waals surface area contributed by atoms with Crippen LogP contribution in [0.15, 0.2) is 53.5 Å². The van der Waals surface area contributed by atoms with Crippen molar-refractivity contribution in [1.82, 2.24) is 15.5 Å². The lowest BCUT2D eigenvalue weighted by atomic mass is 10.2. The zero-order valence-corrected chi connectivity index (χ0v) is 19.1. The van der Waals surface area contributed by atoms with E-state index >= 15 is 0 Å². The second kappa shape index (κ2) is 11.5. The summed E-state index contributed by atoms with van der Waals surface area (Å²) in [6.45, 7) is 4.09. The van der Waals surface area contributed by atoms with Crippen LogP contribution < -0.4 is 25.0 Å². The van der Waals surface area contributed by atoms with Gasteiger partial charge in [-0.15, -0.1) is 0 Å². The first-order valence-corrected chi connectivity index (χ1v) is 10.8. The van der Waals surface area contributed by atoms with Crippen molar-refractivity contribution >= 4 is 11.6 Å². The molecular weight excluding hydrogens is 390 g/mol. The van der Waals surface area contributed by atoms with E-state index in [0.29, 0.717) is 19.2 Å². The summed E-state index contributed by atoms with van der Waals surface area (Å²) in [5.41, 5.74) is 2.26. The SMILES string of the molecule is CN=C(NCc1ccccc1OCCN(C)C)NC1CCN(c2ccccc2OC)C1. The number of anilines is 1. The Kier molecular flexibility index (Phi) is 8.41. The molecule has 3 rings (SSSR count). The van der Waals surface area contributed by atoms with Crippen LogP contribution in [0.2, 0.25) is 0 Å². The van der Waals surface area contributed by atoms with Crippen LogP contribution in [0.1, 0.15) is 12.0 Å². The predicted molar refractivity (Wildman–Crippen MR) is 127 cm³/mol. The third-order valence-electron chi connectivity index (χ3n) is 5.39. The van der Waals surface area contributed by atoms with Gasteiger partial charge in [0.15, 0.2) is 5.96 Å². The Morgan fingerprint density at radius 1 is 1.13 bits per heavy atom. The summed E-state index contributed by atoms with van der Waals surface area (Å²) >= 11 is 0. The standard InChI is InChI=1S/C24H35N5O2/c1-25-24(26-17-19-9-5-7-11-22(19)31-16-15-28(2)3)27-20-13-14-29(18-20)21-10-6-8-12-23(21)30-4/h5-12,20H,13-18H2,1-4H3,(H2,25,26,27). The number of hydrogen-bond donors (Lipinski definition) is 2. The number of benzene rings is 2. The zero-order valence-electron chi connectivity index (χ0n) is 19.1. The van der Waals surface area contributed by atoms with Gasteiger partial charge in [0.05, 0.1) is 12.8 Å². The van der Waals surface area contributed by atoms with E-state index in [1.165, 1.54) is 0 Å². The minimum atomic E-state index is 0.322. The number of methoxy groups -OCH3 is 1. The topological polar surface area (TPSA) is 61.4 Å². The molecule has 2 aromatic carbocycles. The molecule has 7 heteroatoms. The Labute approximate surface area is 186 Å². The van der Waals surface area contributed by atoms with Gasteiger partial charge in [-0.1, -0.05) is 30.3 Å². The Bertz CT molecular complexity index is 855. The Morgan fingerprint density at radius 3 is 2.61 bits per heavy atom. The summed E-state index contributed by atoms with van der Waals surface area (Å²) < 4.78 is 11.5. The van der Waals surface area contributed by atoms with Crippen LogP contribution in [-0.2, 0) is 6.54 Å². The molecule has 1 fully saturated rings. The van der Waals surface area contributed by atoms with Gasteiger partial charge in [-0.2, -0.15) is 0 Å². The minimum absolute atomic E-state index is 0.322. The third-order valence-corrected chi connectivity index (χ3v) is 5.39. The first kappa shape index (κ1) is 22.7. The molecule has 1 aliphatic heterocycles. The fourth-order valence-electron chi connectivity index (χ4n) is 3.68. The molecule has 0 radical (unpaired) electrons. The minimum Gasteiger partial charge on any atom is -0.495 e. The molecule has 0 amide bonds. The van der Waals surface area contributed by atoms with Crippen molar-refractivity contribution in [2.75, 3.05) is 59.4 Å². The highest BCUT2D eigenvalue weighted by Gasteiger charge is 2.25. The highest BCUT2D eigenvalue weighted by molar-refractivity contribution is 5.80. The van der Waals surface area contributed by atoms with E-state index in [0.717, 1.165) is 54.8 Å². The average Bonchev–Trinajstić information content (AvgIpc) is 3.25. The Morgan fingerprint density at radius 2 is 1.87 bits per heavy atom. The van der Waals surface area contributed by atoms with Gasteiger partial charge in [0, 0.05) is 44.8 Å². The molecule has 1 saturated heterocycles. The number of likely N-dealkylation sites (N-methyl/N-ethyl adjacent to an activating group) is 1. The van der Waals surface area contributed by atoms with Crippen LogP contribution in [0.5, 0.6) is 11.5 Å². The molecule has 1 unspecified atom stereocenters. The fourth-order valence-corrected chi connectivity index (χ4v) is 3.68. The summed E-state index contributed by atoms with van der Waals surface area (Å²) in [7, 11) is 7.62. The summed E-state index contributed by atoms with van der Waals surface area (Å²) in [5.74, 6) is 2.63. The molecule has 2 N–H and O–H groups in total. The van der Waals surface area contributed by atoms with E-state index in [1.807, 2.05) is 51.5 Å². The van der Waals surface area contributed by atoms with Crippen molar-refractivity contribution < 1.29 is 9.47 Å². The van der Waals surface area contributed by atoms with Gasteiger partial charge in [-0.25, -0.2) is 0 Å². The monoisotopic (exact) mass is 425 g/mol. The average molecular weight is 426 g/mol. The molecule has 0 bridgehead atoms. The van der Waals surface area contributed by atoms with Crippen molar-refractivity contribution in [3.8, 4) is 11.5 Å². The maximum atomic E-state index is 5.97. The first-order valence-electron chi connectivity index (χ1n) is 10.8. The smallest absolute Gasteiger partial charge is 0.191 e. The molecule has 0 spiro atoms. The van der Waals surface area contributed by atoms with Gasteiger partial charge in [0.2, 0.25) is 0 Å². The van der Waals surface area contributed by atoms with Crippen LogP contribution in [-0.4, -0.2) is 71.4 Å². The lowest BCUT2D eigenvalue weighted by molar-refractivity contribution is 0.259. The van der Waals surface area contributed by atoms with E-state index in [1.54, 1.807) is 7.11 Å². The Balaban J connectivity index is 1.53. The lowest BCUT2D eigenvalue weighted by Gasteiger charge is -2.22. The van der Waals surface area contributed by atoms with E-state index < -0.39 is 0 Å². The molecular formula is C24H35N5O2. The molecule has 0 saturated carbocycles. The number of nitrogens with zero attached hydrogens (tertiary/aromatic N) is 3. The second-order valence-electron chi connectivity index (χ2n) is 7.93. The Hall–Kier alpha value is -2.93. The first-order chi connectivity index (χ1) is 15.1. The van der Waals surface area contributed by atoms with Crippen molar-refractivity contribution in [2.45, 2.75) is 19.0 Å². The van der Waals surface area contributed by atoms with Crippen molar-refractivity contribution in [3.63, 3.8) is 0 Å². The number of para-hydroxylation sites is 3. The van der Waals surface area contributed by atoms with E-state index in [2.05, 4.69) is 43.6 Å². The highest BCUT2D eigenvalue weighted by Crippen LogP contribution is 2.30. The summed E-state index contributed by atoms with van der Waals surface area (Å²) in [5, 5.41) is 6.99. The maximum absolute atomic E-state index is 5.97. The van der Waals surface area contributed by atoms with Crippen LogP contribution in [0.3, 0.4) is 0 Å². The van der Waals surface area contributed by atoms with Gasteiger partial charge < -0.3 is 29.9 Å². The van der Waals surface area contributed by atoms with Gasteiger partial charge in [0.25, 0.3) is 0 Å². The van der Waals surface area contributed by atoms with Gasteiger partial charge in [-0.3, -0.25) is 4.99 Å². The highest BCUT2D eigenvalue weighted by atomic mass is 16.5.